The highest BCUT2D eigenvalue weighted by molar-refractivity contribution is 5.81. The van der Waals surface area contributed by atoms with Crippen LogP contribution >= 0.6 is 0 Å². The van der Waals surface area contributed by atoms with E-state index in [0.29, 0.717) is 12.5 Å². The summed E-state index contributed by atoms with van der Waals surface area (Å²) in [6.07, 6.45) is 3.87. The molecule has 15 heavy (non-hydrogen) atoms. The second kappa shape index (κ2) is 4.49. The highest BCUT2D eigenvalue weighted by Crippen LogP contribution is 2.22. The third kappa shape index (κ3) is 2.32. The molecule has 3 N–H and O–H groups in total. The first kappa shape index (κ1) is 10.9. The van der Waals surface area contributed by atoms with E-state index in [4.69, 9.17) is 10.5 Å². The van der Waals surface area contributed by atoms with Gasteiger partial charge in [-0.25, -0.2) is 0 Å². The Morgan fingerprint density at radius 2 is 2.20 bits per heavy atom. The maximum atomic E-state index is 11.9. The van der Waals surface area contributed by atoms with Crippen LogP contribution in [0.5, 0.6) is 0 Å². The predicted octanol–water partition coefficient (Wildman–Crippen LogP) is 0.407. The molecule has 1 aliphatic heterocycles. The highest BCUT2D eigenvalue weighted by Gasteiger charge is 2.34. The van der Waals surface area contributed by atoms with Gasteiger partial charge >= 0.3 is 0 Å². The van der Waals surface area contributed by atoms with Crippen molar-refractivity contribution in [3.8, 4) is 0 Å². The molecule has 0 aromatic rings. The number of hydrogen-bond donors (Lipinski definition) is 2. The molecule has 1 heterocycles. The average Bonchev–Trinajstić information content (AvgIpc) is 2.76. The van der Waals surface area contributed by atoms with Crippen LogP contribution in [0, 0.1) is 5.92 Å². The number of ether oxygens (including phenoxy) is 1. The summed E-state index contributed by atoms with van der Waals surface area (Å²) in [6, 6.07) is 0.291. The van der Waals surface area contributed by atoms with Crippen LogP contribution in [-0.2, 0) is 9.53 Å². The lowest BCUT2D eigenvalue weighted by atomic mass is 10.0. The average molecular weight is 212 g/mol. The van der Waals surface area contributed by atoms with E-state index in [-0.39, 0.29) is 24.1 Å². The molecule has 0 bridgehead atoms. The van der Waals surface area contributed by atoms with Crippen LogP contribution in [0.3, 0.4) is 0 Å². The molecule has 1 aliphatic carbocycles. The molecule has 0 aromatic carbocycles. The number of amides is 1. The molecule has 1 saturated heterocycles. The van der Waals surface area contributed by atoms with Gasteiger partial charge in [0.25, 0.3) is 0 Å². The SMILES string of the molecule is CC1CCOC1C(=O)NC1CCCC1N. The Balaban J connectivity index is 1.86. The molecule has 0 aromatic heterocycles. The molecule has 0 spiro atoms. The monoisotopic (exact) mass is 212 g/mol. The molecule has 0 radical (unpaired) electrons. The lowest BCUT2D eigenvalue weighted by molar-refractivity contribution is -0.132. The standard InChI is InChI=1S/C11H20N2O2/c1-7-5-6-15-10(7)11(14)13-9-4-2-3-8(9)12/h7-10H,2-6,12H2,1H3,(H,13,14). The van der Waals surface area contributed by atoms with E-state index >= 15 is 0 Å². The van der Waals surface area contributed by atoms with Crippen LogP contribution in [0.2, 0.25) is 0 Å². The molecule has 4 heteroatoms. The minimum Gasteiger partial charge on any atom is -0.368 e. The van der Waals surface area contributed by atoms with E-state index in [1.807, 2.05) is 0 Å². The second-order valence-electron chi connectivity index (χ2n) is 4.77. The van der Waals surface area contributed by atoms with E-state index in [2.05, 4.69) is 12.2 Å². The fourth-order valence-electron chi connectivity index (χ4n) is 2.46. The van der Waals surface area contributed by atoms with Crippen LogP contribution in [0.15, 0.2) is 0 Å². The van der Waals surface area contributed by atoms with Crippen molar-refractivity contribution >= 4 is 5.91 Å². The number of nitrogens with one attached hydrogen (secondary N) is 1. The fourth-order valence-corrected chi connectivity index (χ4v) is 2.46. The van der Waals surface area contributed by atoms with E-state index in [1.54, 1.807) is 0 Å². The molecule has 2 rings (SSSR count). The molecule has 4 nitrogen and oxygen atoms in total. The maximum Gasteiger partial charge on any atom is 0.249 e. The van der Waals surface area contributed by atoms with Gasteiger partial charge in [-0.1, -0.05) is 6.92 Å². The molecular weight excluding hydrogens is 192 g/mol. The largest absolute Gasteiger partial charge is 0.368 e. The van der Waals surface area contributed by atoms with Crippen molar-refractivity contribution in [1.82, 2.24) is 5.32 Å². The quantitative estimate of drug-likeness (QED) is 0.696. The van der Waals surface area contributed by atoms with Crippen LogP contribution < -0.4 is 11.1 Å². The second-order valence-corrected chi connectivity index (χ2v) is 4.77. The van der Waals surface area contributed by atoms with E-state index in [0.717, 1.165) is 25.7 Å². The summed E-state index contributed by atoms with van der Waals surface area (Å²) in [6.45, 7) is 2.77. The molecule has 2 aliphatic rings. The smallest absolute Gasteiger partial charge is 0.249 e. The summed E-state index contributed by atoms with van der Waals surface area (Å²) in [4.78, 5) is 11.9. The summed E-state index contributed by atoms with van der Waals surface area (Å²) < 4.78 is 5.42. The zero-order valence-electron chi connectivity index (χ0n) is 9.24. The topological polar surface area (TPSA) is 64.3 Å². The predicted molar refractivity (Wildman–Crippen MR) is 57.3 cm³/mol. The summed E-state index contributed by atoms with van der Waals surface area (Å²) in [5.41, 5.74) is 5.91. The lowest BCUT2D eigenvalue weighted by Gasteiger charge is -2.21. The van der Waals surface area contributed by atoms with Gasteiger partial charge in [-0.15, -0.1) is 0 Å². The minimum atomic E-state index is -0.252. The first-order valence-corrected chi connectivity index (χ1v) is 5.86. The fraction of sp³-hybridized carbons (Fsp3) is 0.909. The number of nitrogens with two attached hydrogens (primary N) is 1. The Labute approximate surface area is 90.5 Å². The zero-order valence-corrected chi connectivity index (χ0v) is 9.24. The molecule has 2 fully saturated rings. The number of hydrogen-bond acceptors (Lipinski definition) is 3. The molecule has 4 unspecified atom stereocenters. The first-order valence-electron chi connectivity index (χ1n) is 5.86. The molecule has 1 saturated carbocycles. The maximum absolute atomic E-state index is 11.9. The van der Waals surface area contributed by atoms with Crippen molar-refractivity contribution in [1.29, 1.82) is 0 Å². The molecule has 4 atom stereocenters. The van der Waals surface area contributed by atoms with Gasteiger partial charge in [0.15, 0.2) is 0 Å². The molecule has 1 amide bonds. The number of rotatable bonds is 2. The Bertz CT molecular complexity index is 245. The summed E-state index contributed by atoms with van der Waals surface area (Å²) in [7, 11) is 0. The van der Waals surface area contributed by atoms with Crippen LogP contribution in [0.25, 0.3) is 0 Å². The Hall–Kier alpha value is -0.610. The first-order chi connectivity index (χ1) is 7.18. The number of carbonyl (C=O) groups excluding carboxylic acids is 1. The van der Waals surface area contributed by atoms with Crippen molar-refractivity contribution in [3.05, 3.63) is 0 Å². The van der Waals surface area contributed by atoms with Crippen molar-refractivity contribution in [2.24, 2.45) is 11.7 Å². The minimum absolute atomic E-state index is 0.0300. The zero-order chi connectivity index (χ0) is 10.8. The summed E-state index contributed by atoms with van der Waals surface area (Å²) >= 11 is 0. The molecule has 86 valence electrons. The highest BCUT2D eigenvalue weighted by atomic mass is 16.5. The summed E-state index contributed by atoms with van der Waals surface area (Å²) in [5, 5.41) is 3.01. The van der Waals surface area contributed by atoms with Gasteiger partial charge in [0.05, 0.1) is 0 Å². The summed E-state index contributed by atoms with van der Waals surface area (Å²) in [5.74, 6) is 0.366. The van der Waals surface area contributed by atoms with Gasteiger partial charge in [0.1, 0.15) is 6.10 Å². The van der Waals surface area contributed by atoms with Gasteiger partial charge < -0.3 is 15.8 Å². The van der Waals surface area contributed by atoms with E-state index < -0.39 is 0 Å². The lowest BCUT2D eigenvalue weighted by Crippen LogP contribution is -2.48. The van der Waals surface area contributed by atoms with Gasteiger partial charge in [0, 0.05) is 18.7 Å². The van der Waals surface area contributed by atoms with Crippen molar-refractivity contribution in [2.45, 2.75) is 50.8 Å². The molecular formula is C11H20N2O2. The van der Waals surface area contributed by atoms with Gasteiger partial charge in [-0.2, -0.15) is 0 Å². The Morgan fingerprint density at radius 1 is 1.40 bits per heavy atom. The number of carbonyl (C=O) groups is 1. The van der Waals surface area contributed by atoms with E-state index in [1.165, 1.54) is 0 Å². The van der Waals surface area contributed by atoms with Gasteiger partial charge in [-0.3, -0.25) is 4.79 Å². The van der Waals surface area contributed by atoms with Crippen LogP contribution in [0.4, 0.5) is 0 Å². The van der Waals surface area contributed by atoms with Crippen molar-refractivity contribution < 1.29 is 9.53 Å². The van der Waals surface area contributed by atoms with Crippen molar-refractivity contribution in [3.63, 3.8) is 0 Å². The van der Waals surface area contributed by atoms with E-state index in [9.17, 15) is 4.79 Å². The van der Waals surface area contributed by atoms with Crippen LogP contribution in [-0.4, -0.2) is 30.7 Å². The Morgan fingerprint density at radius 3 is 2.73 bits per heavy atom. The third-order valence-corrected chi connectivity index (χ3v) is 3.54. The van der Waals surface area contributed by atoms with Gasteiger partial charge in [0.2, 0.25) is 5.91 Å². The third-order valence-electron chi connectivity index (χ3n) is 3.54. The Kier molecular flexibility index (Phi) is 3.26. The van der Waals surface area contributed by atoms with Crippen molar-refractivity contribution in [2.75, 3.05) is 6.61 Å². The van der Waals surface area contributed by atoms with Gasteiger partial charge in [-0.05, 0) is 31.6 Å². The normalized spacial score (nSPS) is 40.7. The van der Waals surface area contributed by atoms with Crippen LogP contribution in [0.1, 0.15) is 32.6 Å².